The van der Waals surface area contributed by atoms with Crippen LogP contribution in [-0.4, -0.2) is 60.6 Å². The molecule has 6 N–H and O–H groups in total. The molecule has 0 aliphatic carbocycles. The average Bonchev–Trinajstić information content (AvgIpc) is 2.89. The quantitative estimate of drug-likeness (QED) is 0.0727. The Morgan fingerprint density at radius 3 is 1.88 bits per heavy atom. The molecule has 0 spiro atoms. The number of hydrogen-bond donors (Lipinski definition) is 6. The van der Waals surface area contributed by atoms with E-state index in [0.717, 1.165) is 18.2 Å². The fraction of sp³-hybridized carbons (Fsp3) is 0.0435. The van der Waals surface area contributed by atoms with Crippen molar-refractivity contribution in [3.8, 4) is 17.2 Å². The van der Waals surface area contributed by atoms with Crippen molar-refractivity contribution in [3.05, 3.63) is 66.7 Å². The van der Waals surface area contributed by atoms with Gasteiger partial charge in [0.1, 0.15) is 22.9 Å². The number of phenolic OH excluding ortho intramolecular Hbond substituents is 3. The molecule has 0 fully saturated rings. The average molecular weight is 704 g/mol. The smallest absolute Gasteiger partial charge is 0.425 e. The van der Waals surface area contributed by atoms with E-state index in [1.54, 1.807) is 49.5 Å². The predicted octanol–water partition coefficient (Wildman–Crippen LogP) is 3.39. The van der Waals surface area contributed by atoms with Gasteiger partial charge < -0.3 is 26.0 Å². The third-order valence-corrected chi connectivity index (χ3v) is 5.94. The largest absolute Gasteiger partial charge is 0.507 e. The summed E-state index contributed by atoms with van der Waals surface area (Å²) in [5.41, 5.74) is 1.20. The second-order valence-electron chi connectivity index (χ2n) is 7.64. The summed E-state index contributed by atoms with van der Waals surface area (Å²) in [6.07, 6.45) is 0. The number of nitrogens with zero attached hydrogens (tertiary/aromatic N) is 2. The van der Waals surface area contributed by atoms with Crippen LogP contribution in [0.15, 0.2) is 81.9 Å². The van der Waals surface area contributed by atoms with E-state index in [-0.39, 0.29) is 51.4 Å². The molecule has 20 heteroatoms. The van der Waals surface area contributed by atoms with E-state index < -0.39 is 36.2 Å². The van der Waals surface area contributed by atoms with Crippen molar-refractivity contribution in [2.75, 3.05) is 17.7 Å². The molecule has 0 aliphatic heterocycles. The number of phenols is 3. The molecule has 1 radical (unpaired) electrons. The first-order valence-corrected chi connectivity index (χ1v) is 14.4. The predicted molar refractivity (Wildman–Crippen MR) is 148 cm³/mol. The molecule has 16 nitrogen and oxygen atoms in total. The maximum Gasteiger partial charge on any atom is 0.425 e. The van der Waals surface area contributed by atoms with E-state index in [2.05, 4.69) is 20.9 Å². The summed E-state index contributed by atoms with van der Waals surface area (Å²) in [6.45, 7) is 0. The molecular formula is C23H20CuN4O12S3. The van der Waals surface area contributed by atoms with Crippen molar-refractivity contribution in [1.82, 2.24) is 0 Å². The first kappa shape index (κ1) is 36.4. The molecule has 233 valence electrons. The zero-order chi connectivity index (χ0) is 31.6. The SMILES string of the molecule is CNc1cccc(N=Nc2c(Nc3cc(S(=O)(=O)O)ccc3O)ccc3c(O)cccc23)c1O.O=S(=O)=O.O=S(=O)=O.[Cu]. The minimum absolute atomic E-state index is 0. The van der Waals surface area contributed by atoms with E-state index in [1.807, 2.05) is 0 Å². The van der Waals surface area contributed by atoms with Crippen molar-refractivity contribution >= 4 is 70.5 Å². The molecular weight excluding hydrogens is 684 g/mol. The molecule has 0 atom stereocenters. The number of fused-ring (bicyclic) bond motifs is 1. The molecule has 0 aliphatic rings. The second kappa shape index (κ2) is 16.2. The van der Waals surface area contributed by atoms with E-state index in [9.17, 15) is 28.3 Å². The first-order chi connectivity index (χ1) is 19.6. The normalized spacial score (nSPS) is 10.4. The Labute approximate surface area is 257 Å². The Balaban J connectivity index is 0.000000917. The molecule has 0 saturated heterocycles. The topological polar surface area (TPSA) is 266 Å². The molecule has 0 unspecified atom stereocenters. The molecule has 0 heterocycles. The fourth-order valence-corrected chi connectivity index (χ4v) is 3.88. The minimum Gasteiger partial charge on any atom is -0.507 e. The van der Waals surface area contributed by atoms with Crippen LogP contribution in [0.5, 0.6) is 17.2 Å². The van der Waals surface area contributed by atoms with Crippen molar-refractivity contribution in [1.29, 1.82) is 0 Å². The molecule has 0 bridgehead atoms. The monoisotopic (exact) mass is 703 g/mol. The summed E-state index contributed by atoms with van der Waals surface area (Å²) in [6, 6.07) is 16.2. The van der Waals surface area contributed by atoms with Gasteiger partial charge in [-0.15, -0.1) is 35.5 Å². The summed E-state index contributed by atoms with van der Waals surface area (Å²) in [5.74, 6) is -0.368. The van der Waals surface area contributed by atoms with E-state index >= 15 is 0 Å². The van der Waals surface area contributed by atoms with Crippen LogP contribution in [0.4, 0.5) is 28.4 Å². The Morgan fingerprint density at radius 1 is 0.698 bits per heavy atom. The molecule has 4 aromatic rings. The number of nitrogens with one attached hydrogen (secondary N) is 2. The Kier molecular flexibility index (Phi) is 13.7. The molecule has 0 saturated carbocycles. The number of rotatable bonds is 6. The summed E-state index contributed by atoms with van der Waals surface area (Å²) >= 11 is 0. The van der Waals surface area contributed by atoms with Gasteiger partial charge in [-0.05, 0) is 48.5 Å². The third-order valence-electron chi connectivity index (χ3n) is 5.09. The van der Waals surface area contributed by atoms with Crippen molar-refractivity contribution in [2.45, 2.75) is 4.90 Å². The minimum atomic E-state index is -4.50. The molecule has 43 heavy (non-hydrogen) atoms. The van der Waals surface area contributed by atoms with Crippen LogP contribution >= 0.6 is 0 Å². The molecule has 4 rings (SSSR count). The summed E-state index contributed by atoms with van der Waals surface area (Å²) in [5, 5.41) is 46.1. The zero-order valence-electron chi connectivity index (χ0n) is 21.3. The number of aromatic hydroxyl groups is 3. The van der Waals surface area contributed by atoms with Gasteiger partial charge in [0.15, 0.2) is 5.75 Å². The van der Waals surface area contributed by atoms with Crippen LogP contribution in [-0.2, 0) is 48.4 Å². The van der Waals surface area contributed by atoms with Gasteiger partial charge in [0.2, 0.25) is 0 Å². The van der Waals surface area contributed by atoms with Gasteiger partial charge in [-0.3, -0.25) is 4.55 Å². The maximum absolute atomic E-state index is 11.5. The van der Waals surface area contributed by atoms with Crippen LogP contribution in [0, 0.1) is 0 Å². The summed E-state index contributed by atoms with van der Waals surface area (Å²) in [4.78, 5) is -0.414. The van der Waals surface area contributed by atoms with Crippen LogP contribution in [0.1, 0.15) is 0 Å². The number of anilines is 3. The number of azo groups is 1. The molecule has 4 aromatic carbocycles. The zero-order valence-corrected chi connectivity index (χ0v) is 24.7. The van der Waals surface area contributed by atoms with Crippen LogP contribution in [0.2, 0.25) is 0 Å². The number of para-hydroxylation sites is 1. The van der Waals surface area contributed by atoms with Gasteiger partial charge in [0, 0.05) is 34.9 Å². The van der Waals surface area contributed by atoms with Gasteiger partial charge in [-0.2, -0.15) is 8.42 Å². The van der Waals surface area contributed by atoms with Crippen molar-refractivity contribution in [2.24, 2.45) is 10.2 Å². The second-order valence-corrected chi connectivity index (χ2v) is 9.88. The molecule has 0 aromatic heterocycles. The van der Waals surface area contributed by atoms with Crippen molar-refractivity contribution < 1.29 is 70.6 Å². The summed E-state index contributed by atoms with van der Waals surface area (Å²) in [7, 11) is -9.07. The fourth-order valence-electron chi connectivity index (χ4n) is 3.37. The van der Waals surface area contributed by atoms with Gasteiger partial charge in [-0.1, -0.05) is 18.2 Å². The van der Waals surface area contributed by atoms with Gasteiger partial charge in [0.05, 0.1) is 22.0 Å². The van der Waals surface area contributed by atoms with Gasteiger partial charge >= 0.3 is 21.2 Å². The van der Waals surface area contributed by atoms with E-state index in [0.29, 0.717) is 22.1 Å². The standard InChI is InChI=1S/C23H20N4O6S.Cu.2O3S/c1-24-17-5-3-6-18(23(17)30)26-27-22-15-4-2-7-20(28)14(15)9-10-16(22)25-19-12-13(34(31,32)33)8-11-21(19)29;;2*1-4(2)3/h2-12,24-25,28-30H,1H3,(H,31,32,33);;;. The van der Waals surface area contributed by atoms with Gasteiger partial charge in [0.25, 0.3) is 10.1 Å². The van der Waals surface area contributed by atoms with E-state index in [4.69, 9.17) is 25.3 Å². The van der Waals surface area contributed by atoms with Gasteiger partial charge in [-0.25, -0.2) is 0 Å². The Bertz CT molecular complexity index is 1950. The van der Waals surface area contributed by atoms with Crippen LogP contribution in [0.25, 0.3) is 10.8 Å². The maximum atomic E-state index is 11.5. The van der Waals surface area contributed by atoms with Crippen LogP contribution in [0.3, 0.4) is 0 Å². The number of benzene rings is 4. The van der Waals surface area contributed by atoms with Crippen molar-refractivity contribution in [3.63, 3.8) is 0 Å². The Hall–Kier alpha value is -4.59. The first-order valence-electron chi connectivity index (χ1n) is 10.9. The molecule has 0 amide bonds. The number of hydrogen-bond acceptors (Lipinski definition) is 15. The van der Waals surface area contributed by atoms with Crippen LogP contribution < -0.4 is 10.6 Å². The van der Waals surface area contributed by atoms with E-state index in [1.165, 1.54) is 6.07 Å². The summed E-state index contributed by atoms with van der Waals surface area (Å²) < 4.78 is 83.1. The third kappa shape index (κ3) is 10.6. The Morgan fingerprint density at radius 2 is 1.30 bits per heavy atom.